The Morgan fingerprint density at radius 2 is 2.20 bits per heavy atom. The van der Waals surface area contributed by atoms with Crippen molar-refractivity contribution in [2.75, 3.05) is 6.61 Å². The topological polar surface area (TPSA) is 49.3 Å². The van der Waals surface area contributed by atoms with Crippen molar-refractivity contribution in [3.63, 3.8) is 0 Å². The molecule has 4 heteroatoms. The number of aliphatic hydroxyl groups excluding tert-OH is 1. The summed E-state index contributed by atoms with van der Waals surface area (Å²) in [5.74, 6) is -0.416. The van der Waals surface area contributed by atoms with Gasteiger partial charge in [0.2, 0.25) is 5.91 Å². The van der Waals surface area contributed by atoms with Crippen LogP contribution in [-0.4, -0.2) is 23.2 Å². The van der Waals surface area contributed by atoms with Gasteiger partial charge in [-0.25, -0.2) is 4.39 Å². The highest BCUT2D eigenvalue weighted by Crippen LogP contribution is 2.48. The van der Waals surface area contributed by atoms with E-state index in [0.29, 0.717) is 18.4 Å². The molecule has 0 aromatic heterocycles. The van der Waals surface area contributed by atoms with E-state index in [2.05, 4.69) is 5.32 Å². The predicted molar refractivity (Wildman–Crippen MR) is 75.8 cm³/mol. The second kappa shape index (κ2) is 5.92. The van der Waals surface area contributed by atoms with Gasteiger partial charge in [0.1, 0.15) is 5.82 Å². The standard InChI is InChI=1S/C16H22FNO2/c1-3-16(2,8-9-19)18-15(20)13-10-12(13)11-6-4-5-7-14(11)17/h4-7,12-13,19H,3,8-10H2,1-2H3,(H,18,20). The first-order chi connectivity index (χ1) is 9.50. The molecule has 1 aromatic carbocycles. The zero-order valence-electron chi connectivity index (χ0n) is 12.0. The molecule has 2 N–H and O–H groups in total. The van der Waals surface area contributed by atoms with E-state index in [1.54, 1.807) is 18.2 Å². The highest BCUT2D eigenvalue weighted by molar-refractivity contribution is 5.83. The van der Waals surface area contributed by atoms with E-state index in [1.165, 1.54) is 6.07 Å². The van der Waals surface area contributed by atoms with Gasteiger partial charge in [-0.1, -0.05) is 25.1 Å². The molecule has 0 spiro atoms. The molecule has 20 heavy (non-hydrogen) atoms. The normalized spacial score (nSPS) is 24.0. The summed E-state index contributed by atoms with van der Waals surface area (Å²) in [6.07, 6.45) is 1.99. The molecule has 1 aliphatic rings. The third-order valence-corrected chi connectivity index (χ3v) is 4.30. The summed E-state index contributed by atoms with van der Waals surface area (Å²) in [6.45, 7) is 3.96. The van der Waals surface area contributed by atoms with Crippen LogP contribution in [0.25, 0.3) is 0 Å². The average molecular weight is 279 g/mol. The van der Waals surface area contributed by atoms with Crippen LogP contribution in [0.3, 0.4) is 0 Å². The highest BCUT2D eigenvalue weighted by Gasteiger charge is 2.46. The molecular weight excluding hydrogens is 257 g/mol. The minimum absolute atomic E-state index is 0.00793. The van der Waals surface area contributed by atoms with Gasteiger partial charge in [0, 0.05) is 18.1 Å². The van der Waals surface area contributed by atoms with Crippen molar-refractivity contribution in [3.05, 3.63) is 35.6 Å². The molecule has 3 atom stereocenters. The number of benzene rings is 1. The molecule has 1 amide bonds. The van der Waals surface area contributed by atoms with Gasteiger partial charge in [-0.3, -0.25) is 4.79 Å². The summed E-state index contributed by atoms with van der Waals surface area (Å²) in [4.78, 5) is 12.2. The molecule has 110 valence electrons. The fourth-order valence-corrected chi connectivity index (χ4v) is 2.57. The zero-order valence-corrected chi connectivity index (χ0v) is 12.0. The zero-order chi connectivity index (χ0) is 14.8. The number of halogens is 1. The van der Waals surface area contributed by atoms with Crippen LogP contribution in [0.5, 0.6) is 0 Å². The molecule has 3 unspecified atom stereocenters. The number of nitrogens with one attached hydrogen (secondary N) is 1. The Morgan fingerprint density at radius 1 is 1.50 bits per heavy atom. The third-order valence-electron chi connectivity index (χ3n) is 4.30. The summed E-state index contributed by atoms with van der Waals surface area (Å²) in [5.41, 5.74) is 0.252. The van der Waals surface area contributed by atoms with Crippen LogP contribution in [0.4, 0.5) is 4.39 Å². The molecule has 0 bridgehead atoms. The number of amides is 1. The smallest absolute Gasteiger partial charge is 0.224 e. The van der Waals surface area contributed by atoms with Gasteiger partial charge in [-0.15, -0.1) is 0 Å². The number of hydrogen-bond acceptors (Lipinski definition) is 2. The SMILES string of the molecule is CCC(C)(CCO)NC(=O)C1CC1c1ccccc1F. The molecule has 1 aromatic rings. The molecule has 2 rings (SSSR count). The Hall–Kier alpha value is -1.42. The van der Waals surface area contributed by atoms with E-state index in [-0.39, 0.29) is 35.7 Å². The van der Waals surface area contributed by atoms with Crippen molar-refractivity contribution in [1.29, 1.82) is 0 Å². The van der Waals surface area contributed by atoms with Crippen molar-refractivity contribution in [3.8, 4) is 0 Å². The summed E-state index contributed by atoms with van der Waals surface area (Å²) < 4.78 is 13.7. The Bertz CT molecular complexity index is 491. The van der Waals surface area contributed by atoms with Crippen LogP contribution in [0.2, 0.25) is 0 Å². The van der Waals surface area contributed by atoms with Crippen LogP contribution in [0, 0.1) is 11.7 Å². The molecular formula is C16H22FNO2. The highest BCUT2D eigenvalue weighted by atomic mass is 19.1. The first kappa shape index (κ1) is 15.0. The van der Waals surface area contributed by atoms with Crippen molar-refractivity contribution in [1.82, 2.24) is 5.32 Å². The second-order valence-corrected chi connectivity index (χ2v) is 5.85. The van der Waals surface area contributed by atoms with Crippen molar-refractivity contribution in [2.24, 2.45) is 5.92 Å². The van der Waals surface area contributed by atoms with Gasteiger partial charge in [0.15, 0.2) is 0 Å². The lowest BCUT2D eigenvalue weighted by Gasteiger charge is -2.29. The van der Waals surface area contributed by atoms with Crippen LogP contribution >= 0.6 is 0 Å². The predicted octanol–water partition coefficient (Wildman–Crippen LogP) is 2.60. The van der Waals surface area contributed by atoms with E-state index < -0.39 is 0 Å². The van der Waals surface area contributed by atoms with Crippen LogP contribution < -0.4 is 5.32 Å². The fourth-order valence-electron chi connectivity index (χ4n) is 2.57. The molecule has 1 saturated carbocycles. The van der Waals surface area contributed by atoms with Crippen molar-refractivity contribution < 1.29 is 14.3 Å². The summed E-state index contributed by atoms with van der Waals surface area (Å²) in [5, 5.41) is 12.1. The Labute approximate surface area is 119 Å². The lowest BCUT2D eigenvalue weighted by molar-refractivity contribution is -0.124. The minimum atomic E-state index is -0.381. The maximum atomic E-state index is 13.7. The fraction of sp³-hybridized carbons (Fsp3) is 0.562. The lowest BCUT2D eigenvalue weighted by Crippen LogP contribution is -2.47. The lowest BCUT2D eigenvalue weighted by atomic mass is 9.94. The monoisotopic (exact) mass is 279 g/mol. The van der Waals surface area contributed by atoms with E-state index in [1.807, 2.05) is 13.8 Å². The minimum Gasteiger partial charge on any atom is -0.396 e. The van der Waals surface area contributed by atoms with E-state index in [4.69, 9.17) is 5.11 Å². The van der Waals surface area contributed by atoms with Gasteiger partial charge in [-0.05, 0) is 43.7 Å². The van der Waals surface area contributed by atoms with Crippen LogP contribution in [-0.2, 0) is 4.79 Å². The summed E-state index contributed by atoms with van der Waals surface area (Å²) >= 11 is 0. The average Bonchev–Trinajstić information content (AvgIpc) is 3.20. The number of carbonyl (C=O) groups excluding carboxylic acids is 1. The third kappa shape index (κ3) is 3.18. The van der Waals surface area contributed by atoms with Gasteiger partial charge < -0.3 is 10.4 Å². The maximum absolute atomic E-state index is 13.7. The molecule has 0 heterocycles. The molecule has 0 aliphatic heterocycles. The summed E-state index contributed by atoms with van der Waals surface area (Å²) in [6, 6.07) is 6.64. The van der Waals surface area contributed by atoms with Gasteiger partial charge in [0.05, 0.1) is 0 Å². The van der Waals surface area contributed by atoms with Crippen molar-refractivity contribution >= 4 is 5.91 Å². The molecule has 1 fully saturated rings. The molecule has 0 radical (unpaired) electrons. The second-order valence-electron chi connectivity index (χ2n) is 5.85. The number of carbonyl (C=O) groups is 1. The van der Waals surface area contributed by atoms with E-state index in [9.17, 15) is 9.18 Å². The van der Waals surface area contributed by atoms with Crippen molar-refractivity contribution in [2.45, 2.75) is 44.6 Å². The summed E-state index contributed by atoms with van der Waals surface area (Å²) in [7, 11) is 0. The van der Waals surface area contributed by atoms with Crippen LogP contribution in [0.15, 0.2) is 24.3 Å². The Morgan fingerprint density at radius 3 is 2.80 bits per heavy atom. The molecule has 0 saturated heterocycles. The number of aliphatic hydroxyl groups is 1. The van der Waals surface area contributed by atoms with Gasteiger partial charge >= 0.3 is 0 Å². The van der Waals surface area contributed by atoms with E-state index >= 15 is 0 Å². The van der Waals surface area contributed by atoms with Gasteiger partial charge in [0.25, 0.3) is 0 Å². The maximum Gasteiger partial charge on any atom is 0.224 e. The Kier molecular flexibility index (Phi) is 4.43. The first-order valence-corrected chi connectivity index (χ1v) is 7.18. The molecule has 3 nitrogen and oxygen atoms in total. The number of rotatable bonds is 6. The van der Waals surface area contributed by atoms with E-state index in [0.717, 1.165) is 6.42 Å². The quantitative estimate of drug-likeness (QED) is 0.841. The largest absolute Gasteiger partial charge is 0.396 e. The van der Waals surface area contributed by atoms with Crippen LogP contribution in [0.1, 0.15) is 44.6 Å². The number of hydrogen-bond donors (Lipinski definition) is 2. The first-order valence-electron chi connectivity index (χ1n) is 7.18. The molecule has 1 aliphatic carbocycles. The van der Waals surface area contributed by atoms with Gasteiger partial charge in [-0.2, -0.15) is 0 Å². The Balaban J connectivity index is 1.98.